The molecule has 4 atom stereocenters. The number of Topliss-reactive ketones (excluding diaryl/α,β-unsaturated/α-hetero) is 1. The average molecular weight is 336 g/mol. The van der Waals surface area contributed by atoms with Gasteiger partial charge in [-0.3, -0.25) is 4.79 Å². The predicted octanol–water partition coefficient (Wildman–Crippen LogP) is 4.72. The molecule has 0 heterocycles. The van der Waals surface area contributed by atoms with E-state index in [9.17, 15) is 4.79 Å². The normalized spacial score (nSPS) is 27.3. The summed E-state index contributed by atoms with van der Waals surface area (Å²) in [6.45, 7) is 0. The van der Waals surface area contributed by atoms with Crippen LogP contribution in [0.15, 0.2) is 48.5 Å². The minimum atomic E-state index is 0.0587. The van der Waals surface area contributed by atoms with Gasteiger partial charge in [0.15, 0.2) is 5.78 Å². The predicted molar refractivity (Wildman–Crippen MR) is 97.4 cm³/mol. The van der Waals surface area contributed by atoms with Crippen LogP contribution in [0.25, 0.3) is 0 Å². The van der Waals surface area contributed by atoms with Gasteiger partial charge in [0.05, 0.1) is 14.2 Å². The summed E-state index contributed by atoms with van der Waals surface area (Å²) in [5, 5.41) is 0. The molecule has 130 valence electrons. The highest BCUT2D eigenvalue weighted by atomic mass is 16.5. The Morgan fingerprint density at radius 2 is 1.64 bits per heavy atom. The molecule has 3 nitrogen and oxygen atoms in total. The summed E-state index contributed by atoms with van der Waals surface area (Å²) in [5.41, 5.74) is 1.99. The molecule has 0 radical (unpaired) electrons. The van der Waals surface area contributed by atoms with Gasteiger partial charge in [-0.15, -0.1) is 0 Å². The summed E-state index contributed by atoms with van der Waals surface area (Å²) >= 11 is 0. The van der Waals surface area contributed by atoms with Crippen LogP contribution in [0.2, 0.25) is 0 Å². The van der Waals surface area contributed by atoms with Crippen LogP contribution in [0.3, 0.4) is 0 Å². The molecule has 2 aliphatic carbocycles. The van der Waals surface area contributed by atoms with E-state index >= 15 is 0 Å². The molecular weight excluding hydrogens is 312 g/mol. The molecule has 0 spiro atoms. The smallest absolute Gasteiger partial charge is 0.166 e. The minimum absolute atomic E-state index is 0.0587. The lowest BCUT2D eigenvalue weighted by Crippen LogP contribution is -2.28. The van der Waals surface area contributed by atoms with E-state index in [0.29, 0.717) is 11.8 Å². The number of carbonyl (C=O) groups excluding carboxylic acids is 1. The summed E-state index contributed by atoms with van der Waals surface area (Å²) in [7, 11) is 3.36. The number of methoxy groups -OCH3 is 2. The monoisotopic (exact) mass is 336 g/mol. The molecule has 3 heteroatoms. The second kappa shape index (κ2) is 6.55. The van der Waals surface area contributed by atoms with E-state index in [1.807, 2.05) is 36.4 Å². The van der Waals surface area contributed by atoms with Crippen LogP contribution < -0.4 is 9.47 Å². The van der Waals surface area contributed by atoms with Gasteiger partial charge < -0.3 is 9.47 Å². The molecule has 0 N–H and O–H groups in total. The fourth-order valence-corrected chi connectivity index (χ4v) is 5.01. The Kier molecular flexibility index (Phi) is 4.24. The summed E-state index contributed by atoms with van der Waals surface area (Å²) in [6.07, 6.45) is 3.55. The lowest BCUT2D eigenvalue weighted by atomic mass is 9.72. The summed E-state index contributed by atoms with van der Waals surface area (Å²) < 4.78 is 10.8. The number of para-hydroxylation sites is 1. The summed E-state index contributed by atoms with van der Waals surface area (Å²) in [4.78, 5) is 13.3. The molecule has 0 aromatic heterocycles. The lowest BCUT2D eigenvalue weighted by molar-refractivity contribution is 0.0852. The molecule has 0 aliphatic heterocycles. The highest BCUT2D eigenvalue weighted by molar-refractivity contribution is 5.99. The standard InChI is InChI=1S/C22H24O3/c1-24-17-11-9-14(10-12-17)22(23)21-16-8-7-15(13-16)20(21)18-5-3-4-6-19(18)25-2/h3-6,9-12,15-16,20-21H,7-8,13H2,1-2H3/t15-,16+,20+,21+/m1/s1. The van der Waals surface area contributed by atoms with Crippen molar-refractivity contribution in [2.45, 2.75) is 25.2 Å². The quantitative estimate of drug-likeness (QED) is 0.741. The zero-order chi connectivity index (χ0) is 17.4. The Bertz CT molecular complexity index is 765. The Hall–Kier alpha value is -2.29. The van der Waals surface area contributed by atoms with E-state index in [1.54, 1.807) is 14.2 Å². The zero-order valence-corrected chi connectivity index (χ0v) is 14.8. The average Bonchev–Trinajstić information content (AvgIpc) is 3.29. The van der Waals surface area contributed by atoms with Crippen LogP contribution >= 0.6 is 0 Å². The molecular formula is C22H24O3. The maximum absolute atomic E-state index is 13.3. The number of fused-ring (bicyclic) bond motifs is 2. The van der Waals surface area contributed by atoms with Gasteiger partial charge in [-0.05, 0) is 67.0 Å². The van der Waals surface area contributed by atoms with Crippen molar-refractivity contribution in [3.05, 3.63) is 59.7 Å². The van der Waals surface area contributed by atoms with E-state index in [1.165, 1.54) is 18.4 Å². The first-order valence-electron chi connectivity index (χ1n) is 9.04. The third-order valence-electron chi connectivity index (χ3n) is 6.09. The van der Waals surface area contributed by atoms with Crippen molar-refractivity contribution in [2.75, 3.05) is 14.2 Å². The Labute approximate surface area is 149 Å². The summed E-state index contributed by atoms with van der Waals surface area (Å²) in [6, 6.07) is 15.7. The molecule has 2 aromatic rings. The van der Waals surface area contributed by atoms with Crippen LogP contribution in [0.5, 0.6) is 11.5 Å². The second-order valence-corrected chi connectivity index (χ2v) is 7.22. The van der Waals surface area contributed by atoms with Gasteiger partial charge in [0.25, 0.3) is 0 Å². The van der Waals surface area contributed by atoms with Crippen molar-refractivity contribution in [3.8, 4) is 11.5 Å². The van der Waals surface area contributed by atoms with Crippen molar-refractivity contribution >= 4 is 5.78 Å². The molecule has 2 saturated carbocycles. The first kappa shape index (κ1) is 16.2. The molecule has 2 fully saturated rings. The first-order chi connectivity index (χ1) is 12.2. The fraction of sp³-hybridized carbons (Fsp3) is 0.409. The van der Waals surface area contributed by atoms with Gasteiger partial charge >= 0.3 is 0 Å². The Morgan fingerprint density at radius 1 is 0.920 bits per heavy atom. The van der Waals surface area contributed by atoms with Crippen LogP contribution in [-0.2, 0) is 0 Å². The van der Waals surface area contributed by atoms with E-state index in [-0.39, 0.29) is 17.6 Å². The molecule has 4 rings (SSSR count). The number of benzene rings is 2. The maximum atomic E-state index is 13.3. The van der Waals surface area contributed by atoms with Crippen molar-refractivity contribution in [1.82, 2.24) is 0 Å². The van der Waals surface area contributed by atoms with Crippen LogP contribution in [0.1, 0.15) is 41.1 Å². The van der Waals surface area contributed by atoms with E-state index in [4.69, 9.17) is 9.47 Å². The largest absolute Gasteiger partial charge is 0.497 e. The van der Waals surface area contributed by atoms with Gasteiger partial charge in [-0.2, -0.15) is 0 Å². The van der Waals surface area contributed by atoms with Crippen LogP contribution in [0.4, 0.5) is 0 Å². The number of ketones is 1. The first-order valence-corrected chi connectivity index (χ1v) is 9.04. The third kappa shape index (κ3) is 2.72. The molecule has 2 aliphatic rings. The summed E-state index contributed by atoms with van der Waals surface area (Å²) in [5.74, 6) is 3.38. The van der Waals surface area contributed by atoms with E-state index < -0.39 is 0 Å². The number of hydrogen-bond donors (Lipinski definition) is 0. The SMILES string of the molecule is COc1ccc(C(=O)[C@H]2[C@H]3CC[C@H](C3)[C@H]2c2ccccc2OC)cc1. The van der Waals surface area contributed by atoms with Crippen molar-refractivity contribution in [3.63, 3.8) is 0 Å². The zero-order valence-electron chi connectivity index (χ0n) is 14.8. The molecule has 0 amide bonds. The molecule has 0 saturated heterocycles. The Balaban J connectivity index is 1.70. The van der Waals surface area contributed by atoms with Gasteiger partial charge in [0, 0.05) is 17.4 Å². The topological polar surface area (TPSA) is 35.5 Å². The number of hydrogen-bond acceptors (Lipinski definition) is 3. The number of rotatable bonds is 5. The lowest BCUT2D eigenvalue weighted by Gasteiger charge is -2.31. The molecule has 0 unspecified atom stereocenters. The second-order valence-electron chi connectivity index (χ2n) is 7.22. The highest BCUT2D eigenvalue weighted by Crippen LogP contribution is 2.58. The van der Waals surface area contributed by atoms with Crippen LogP contribution in [0, 0.1) is 17.8 Å². The van der Waals surface area contributed by atoms with Crippen molar-refractivity contribution < 1.29 is 14.3 Å². The van der Waals surface area contributed by atoms with E-state index in [2.05, 4.69) is 12.1 Å². The third-order valence-corrected chi connectivity index (χ3v) is 6.09. The maximum Gasteiger partial charge on any atom is 0.166 e. The van der Waals surface area contributed by atoms with Gasteiger partial charge in [-0.1, -0.05) is 18.2 Å². The number of carbonyl (C=O) groups is 1. The number of ether oxygens (including phenoxy) is 2. The minimum Gasteiger partial charge on any atom is -0.497 e. The fourth-order valence-electron chi connectivity index (χ4n) is 5.01. The van der Waals surface area contributed by atoms with Crippen LogP contribution in [-0.4, -0.2) is 20.0 Å². The van der Waals surface area contributed by atoms with Gasteiger partial charge in [-0.25, -0.2) is 0 Å². The van der Waals surface area contributed by atoms with E-state index in [0.717, 1.165) is 23.5 Å². The van der Waals surface area contributed by atoms with Gasteiger partial charge in [0.2, 0.25) is 0 Å². The highest BCUT2D eigenvalue weighted by Gasteiger charge is 2.51. The molecule has 2 bridgehead atoms. The molecule has 2 aromatic carbocycles. The molecule has 25 heavy (non-hydrogen) atoms. The van der Waals surface area contributed by atoms with Gasteiger partial charge in [0.1, 0.15) is 11.5 Å². The Morgan fingerprint density at radius 3 is 2.36 bits per heavy atom. The van der Waals surface area contributed by atoms with Crippen molar-refractivity contribution in [2.24, 2.45) is 17.8 Å². The van der Waals surface area contributed by atoms with Crippen molar-refractivity contribution in [1.29, 1.82) is 0 Å².